The number of carbonyl (C=O) groups excluding carboxylic acids is 1. The summed E-state index contributed by atoms with van der Waals surface area (Å²) in [4.78, 5) is 12.2. The Morgan fingerprint density at radius 1 is 0.871 bits per heavy atom. The Hall–Kier alpha value is -3.71. The minimum Gasteiger partial charge on any atom is -0.494 e. The first-order valence-electron chi connectivity index (χ1n) is 10.0. The van der Waals surface area contributed by atoms with E-state index in [9.17, 15) is 4.79 Å². The first-order valence-corrected chi connectivity index (χ1v) is 10.0. The van der Waals surface area contributed by atoms with E-state index in [0.717, 1.165) is 17.0 Å². The van der Waals surface area contributed by atoms with Crippen molar-refractivity contribution in [2.45, 2.75) is 13.5 Å². The number of carbonyl (C=O) groups is 1. The number of rotatable bonds is 11. The van der Waals surface area contributed by atoms with Crippen LogP contribution in [0.15, 0.2) is 72.8 Å². The van der Waals surface area contributed by atoms with E-state index >= 15 is 0 Å². The van der Waals surface area contributed by atoms with Crippen molar-refractivity contribution in [2.24, 2.45) is 0 Å². The molecule has 0 aromatic heterocycles. The Labute approximate surface area is 182 Å². The lowest BCUT2D eigenvalue weighted by atomic mass is 10.2. The maximum atomic E-state index is 12.2. The van der Waals surface area contributed by atoms with Gasteiger partial charge in [-0.05, 0) is 61.0 Å². The van der Waals surface area contributed by atoms with Crippen LogP contribution < -0.4 is 30.4 Å². The molecule has 3 rings (SSSR count). The van der Waals surface area contributed by atoms with E-state index in [4.69, 9.17) is 14.2 Å². The van der Waals surface area contributed by atoms with Gasteiger partial charge in [-0.1, -0.05) is 24.3 Å². The maximum Gasteiger partial charge on any atom is 0.262 e. The summed E-state index contributed by atoms with van der Waals surface area (Å²) in [6.07, 6.45) is 0. The molecule has 7 heteroatoms. The molecule has 0 aliphatic rings. The van der Waals surface area contributed by atoms with Crippen molar-refractivity contribution in [3.8, 4) is 17.2 Å². The monoisotopic (exact) mass is 421 g/mol. The van der Waals surface area contributed by atoms with Gasteiger partial charge in [0.1, 0.15) is 5.75 Å². The molecule has 0 atom stereocenters. The number of nitrogens with one attached hydrogen (secondary N) is 3. The number of benzene rings is 3. The van der Waals surface area contributed by atoms with Gasteiger partial charge in [0.25, 0.3) is 5.91 Å². The molecule has 0 saturated heterocycles. The smallest absolute Gasteiger partial charge is 0.262 e. The number of methoxy groups -OCH3 is 1. The highest BCUT2D eigenvalue weighted by Gasteiger charge is 2.09. The molecule has 0 bridgehead atoms. The van der Waals surface area contributed by atoms with Crippen molar-refractivity contribution >= 4 is 17.3 Å². The van der Waals surface area contributed by atoms with Crippen LogP contribution in [0.1, 0.15) is 12.5 Å². The molecular formula is C24H27N3O4. The zero-order valence-corrected chi connectivity index (χ0v) is 17.7. The average molecular weight is 421 g/mol. The van der Waals surface area contributed by atoms with Crippen LogP contribution in [-0.4, -0.2) is 26.2 Å². The Bertz CT molecular complexity index is 962. The number of para-hydroxylation sites is 1. The fraction of sp³-hybridized carbons (Fsp3) is 0.208. The van der Waals surface area contributed by atoms with Crippen molar-refractivity contribution in [3.63, 3.8) is 0 Å². The largest absolute Gasteiger partial charge is 0.494 e. The highest BCUT2D eigenvalue weighted by molar-refractivity contribution is 5.91. The highest BCUT2D eigenvalue weighted by Crippen LogP contribution is 2.28. The van der Waals surface area contributed by atoms with Crippen LogP contribution >= 0.6 is 0 Å². The zero-order chi connectivity index (χ0) is 21.9. The van der Waals surface area contributed by atoms with E-state index in [1.165, 1.54) is 0 Å². The predicted molar refractivity (Wildman–Crippen MR) is 122 cm³/mol. The van der Waals surface area contributed by atoms with Crippen LogP contribution in [-0.2, 0) is 11.3 Å². The quantitative estimate of drug-likeness (QED) is 0.402. The average Bonchev–Trinajstić information content (AvgIpc) is 2.80. The van der Waals surface area contributed by atoms with Gasteiger partial charge in [-0.2, -0.15) is 0 Å². The van der Waals surface area contributed by atoms with Crippen molar-refractivity contribution in [3.05, 3.63) is 78.4 Å². The molecule has 31 heavy (non-hydrogen) atoms. The first kappa shape index (κ1) is 22.0. The lowest BCUT2D eigenvalue weighted by Gasteiger charge is -2.13. The minimum absolute atomic E-state index is 0.128. The summed E-state index contributed by atoms with van der Waals surface area (Å²) in [5, 5.41) is 2.80. The fourth-order valence-corrected chi connectivity index (χ4v) is 2.85. The molecule has 0 fully saturated rings. The Kier molecular flexibility index (Phi) is 8.13. The van der Waals surface area contributed by atoms with E-state index in [-0.39, 0.29) is 12.5 Å². The van der Waals surface area contributed by atoms with E-state index in [0.29, 0.717) is 30.3 Å². The summed E-state index contributed by atoms with van der Waals surface area (Å²) in [6.45, 7) is 2.98. The number of amides is 1. The SMILES string of the molecule is CCOc1ccc(NC(=O)COc2ccc(CNNc3ccccc3)cc2OC)cc1. The molecule has 0 spiro atoms. The lowest BCUT2D eigenvalue weighted by Crippen LogP contribution is -2.21. The topological polar surface area (TPSA) is 80.9 Å². The van der Waals surface area contributed by atoms with Crippen LogP contribution in [0, 0.1) is 0 Å². The summed E-state index contributed by atoms with van der Waals surface area (Å²) >= 11 is 0. The van der Waals surface area contributed by atoms with Gasteiger partial charge in [0, 0.05) is 17.9 Å². The molecular weight excluding hydrogens is 394 g/mol. The third kappa shape index (κ3) is 6.94. The lowest BCUT2D eigenvalue weighted by molar-refractivity contribution is -0.118. The standard InChI is InChI=1S/C24H27N3O4/c1-3-30-21-12-10-19(11-13-21)26-24(28)17-31-22-14-9-18(15-23(22)29-2)16-25-27-20-7-5-4-6-8-20/h4-15,25,27H,3,16-17H2,1-2H3,(H,26,28). The van der Waals surface area contributed by atoms with Crippen molar-refractivity contribution < 1.29 is 19.0 Å². The molecule has 1 amide bonds. The molecule has 3 aromatic carbocycles. The number of hydrazine groups is 1. The Morgan fingerprint density at radius 2 is 1.65 bits per heavy atom. The number of hydrogen-bond acceptors (Lipinski definition) is 6. The number of hydrogen-bond donors (Lipinski definition) is 3. The van der Waals surface area contributed by atoms with Gasteiger partial charge in [0.15, 0.2) is 18.1 Å². The van der Waals surface area contributed by atoms with Gasteiger partial charge < -0.3 is 25.0 Å². The molecule has 0 saturated carbocycles. The molecule has 7 nitrogen and oxygen atoms in total. The van der Waals surface area contributed by atoms with E-state index in [1.54, 1.807) is 25.3 Å². The Morgan fingerprint density at radius 3 is 2.35 bits per heavy atom. The van der Waals surface area contributed by atoms with Gasteiger partial charge in [0.05, 0.1) is 13.7 Å². The summed E-state index contributed by atoms with van der Waals surface area (Å²) in [6, 6.07) is 22.6. The van der Waals surface area contributed by atoms with Gasteiger partial charge in [0.2, 0.25) is 0 Å². The first-order chi connectivity index (χ1) is 15.2. The van der Waals surface area contributed by atoms with Crippen LogP contribution in [0.4, 0.5) is 11.4 Å². The summed E-state index contributed by atoms with van der Waals surface area (Å²) in [5.74, 6) is 1.57. The third-order valence-corrected chi connectivity index (χ3v) is 4.33. The van der Waals surface area contributed by atoms with E-state index in [2.05, 4.69) is 16.2 Å². The Balaban J connectivity index is 1.49. The van der Waals surface area contributed by atoms with E-state index in [1.807, 2.05) is 61.5 Å². The molecule has 0 heterocycles. The summed E-state index contributed by atoms with van der Waals surface area (Å²) in [7, 11) is 1.57. The van der Waals surface area contributed by atoms with Crippen LogP contribution in [0.3, 0.4) is 0 Å². The molecule has 3 aromatic rings. The molecule has 0 radical (unpaired) electrons. The second kappa shape index (κ2) is 11.5. The number of anilines is 2. The fourth-order valence-electron chi connectivity index (χ4n) is 2.85. The van der Waals surface area contributed by atoms with Gasteiger partial charge in [-0.25, -0.2) is 5.43 Å². The third-order valence-electron chi connectivity index (χ3n) is 4.33. The predicted octanol–water partition coefficient (Wildman–Crippen LogP) is 4.23. The van der Waals surface area contributed by atoms with Crippen LogP contribution in [0.25, 0.3) is 0 Å². The highest BCUT2D eigenvalue weighted by atomic mass is 16.5. The molecule has 0 aliphatic heterocycles. The summed E-state index contributed by atoms with van der Waals surface area (Å²) in [5.41, 5.74) is 8.96. The maximum absolute atomic E-state index is 12.2. The minimum atomic E-state index is -0.260. The second-order valence-corrected chi connectivity index (χ2v) is 6.62. The van der Waals surface area contributed by atoms with Crippen LogP contribution in [0.2, 0.25) is 0 Å². The molecule has 0 unspecified atom stereocenters. The molecule has 162 valence electrons. The van der Waals surface area contributed by atoms with Crippen molar-refractivity contribution in [1.82, 2.24) is 5.43 Å². The van der Waals surface area contributed by atoms with Crippen molar-refractivity contribution in [1.29, 1.82) is 0 Å². The van der Waals surface area contributed by atoms with E-state index < -0.39 is 0 Å². The van der Waals surface area contributed by atoms with Crippen LogP contribution in [0.5, 0.6) is 17.2 Å². The van der Waals surface area contributed by atoms with Gasteiger partial charge >= 0.3 is 0 Å². The second-order valence-electron chi connectivity index (χ2n) is 6.62. The van der Waals surface area contributed by atoms with Crippen molar-refractivity contribution in [2.75, 3.05) is 31.1 Å². The number of ether oxygens (including phenoxy) is 3. The zero-order valence-electron chi connectivity index (χ0n) is 17.7. The normalized spacial score (nSPS) is 10.3. The summed E-state index contributed by atoms with van der Waals surface area (Å²) < 4.78 is 16.5. The molecule has 0 aliphatic carbocycles. The van der Waals surface area contributed by atoms with Gasteiger partial charge in [-0.15, -0.1) is 0 Å². The molecule has 3 N–H and O–H groups in total. The van der Waals surface area contributed by atoms with Gasteiger partial charge in [-0.3, -0.25) is 4.79 Å².